The number of hydrogen-bond acceptors (Lipinski definition) is 2. The van der Waals surface area contributed by atoms with Gasteiger partial charge >= 0.3 is 0 Å². The largest absolute Gasteiger partial charge is 0.487 e. The summed E-state index contributed by atoms with van der Waals surface area (Å²) in [7, 11) is 0. The number of benzene rings is 2. The van der Waals surface area contributed by atoms with E-state index in [1.54, 1.807) is 0 Å². The van der Waals surface area contributed by atoms with Crippen molar-refractivity contribution < 1.29 is 4.74 Å². The first kappa shape index (κ1) is 13.0. The second kappa shape index (κ2) is 5.91. The summed E-state index contributed by atoms with van der Waals surface area (Å²) in [5.74, 6) is 0.743. The molecule has 0 unspecified atom stereocenters. The quantitative estimate of drug-likeness (QED) is 0.860. The molecule has 0 bridgehead atoms. The summed E-state index contributed by atoms with van der Waals surface area (Å²) < 4.78 is 6.79. The zero-order chi connectivity index (χ0) is 13.0. The molecule has 94 valence electrons. The number of halogens is 1. The maximum absolute atomic E-state index is 5.96. The van der Waals surface area contributed by atoms with E-state index in [1.165, 1.54) is 5.56 Å². The molecule has 0 saturated heterocycles. The Labute approximate surface area is 116 Å². The fraction of sp³-hybridized carbons (Fsp3) is 0.200. The van der Waals surface area contributed by atoms with Crippen LogP contribution in [0.1, 0.15) is 18.1 Å². The van der Waals surface area contributed by atoms with Crippen LogP contribution in [0.2, 0.25) is 0 Å². The standard InChI is InChI=1S/C15H16BrNO/c1-2-11-6-7-15(14(17)9-11)18-10-12-4-3-5-13(16)8-12/h3-9H,2,10,17H2,1H3. The van der Waals surface area contributed by atoms with Gasteiger partial charge < -0.3 is 10.5 Å². The van der Waals surface area contributed by atoms with E-state index in [4.69, 9.17) is 10.5 Å². The fourth-order valence-corrected chi connectivity index (χ4v) is 2.18. The minimum absolute atomic E-state index is 0.523. The summed E-state index contributed by atoms with van der Waals surface area (Å²) in [6.07, 6.45) is 0.982. The van der Waals surface area contributed by atoms with Crippen molar-refractivity contribution in [1.82, 2.24) is 0 Å². The van der Waals surface area contributed by atoms with Crippen LogP contribution in [0.5, 0.6) is 5.75 Å². The van der Waals surface area contributed by atoms with Crippen molar-refractivity contribution in [3.8, 4) is 5.75 Å². The topological polar surface area (TPSA) is 35.2 Å². The highest BCUT2D eigenvalue weighted by atomic mass is 79.9. The van der Waals surface area contributed by atoms with Gasteiger partial charge in [0.2, 0.25) is 0 Å². The smallest absolute Gasteiger partial charge is 0.142 e. The fourth-order valence-electron chi connectivity index (χ4n) is 1.74. The van der Waals surface area contributed by atoms with Crippen molar-refractivity contribution in [1.29, 1.82) is 0 Å². The van der Waals surface area contributed by atoms with Crippen LogP contribution >= 0.6 is 15.9 Å². The molecule has 0 radical (unpaired) electrons. The molecule has 2 nitrogen and oxygen atoms in total. The van der Waals surface area contributed by atoms with E-state index in [0.717, 1.165) is 22.2 Å². The van der Waals surface area contributed by atoms with Gasteiger partial charge in [0.15, 0.2) is 0 Å². The summed E-state index contributed by atoms with van der Waals surface area (Å²) in [4.78, 5) is 0. The second-order valence-electron chi connectivity index (χ2n) is 4.14. The molecule has 0 amide bonds. The van der Waals surface area contributed by atoms with Crippen molar-refractivity contribution in [3.63, 3.8) is 0 Å². The third kappa shape index (κ3) is 3.26. The lowest BCUT2D eigenvalue weighted by Crippen LogP contribution is -1.99. The van der Waals surface area contributed by atoms with Gasteiger partial charge in [0, 0.05) is 4.47 Å². The van der Waals surface area contributed by atoms with Gasteiger partial charge in [-0.2, -0.15) is 0 Å². The minimum Gasteiger partial charge on any atom is -0.487 e. The van der Waals surface area contributed by atoms with Crippen molar-refractivity contribution in [2.24, 2.45) is 0 Å². The Morgan fingerprint density at radius 3 is 2.61 bits per heavy atom. The Morgan fingerprint density at radius 1 is 1.11 bits per heavy atom. The maximum atomic E-state index is 5.96. The Morgan fingerprint density at radius 2 is 1.94 bits per heavy atom. The first-order chi connectivity index (χ1) is 8.69. The Kier molecular flexibility index (Phi) is 4.26. The number of hydrogen-bond donors (Lipinski definition) is 1. The van der Waals surface area contributed by atoms with Gasteiger partial charge in [-0.05, 0) is 41.8 Å². The van der Waals surface area contributed by atoms with E-state index in [9.17, 15) is 0 Å². The molecule has 0 saturated carbocycles. The van der Waals surface area contributed by atoms with Gasteiger partial charge in [-0.25, -0.2) is 0 Å². The molecule has 0 aliphatic carbocycles. The molecule has 0 fully saturated rings. The molecular formula is C15H16BrNO. The van der Waals surface area contributed by atoms with Crippen LogP contribution < -0.4 is 10.5 Å². The monoisotopic (exact) mass is 305 g/mol. The first-order valence-electron chi connectivity index (χ1n) is 5.94. The Hall–Kier alpha value is -1.48. The molecule has 2 aromatic rings. The number of nitrogen functional groups attached to an aromatic ring is 1. The molecular weight excluding hydrogens is 290 g/mol. The van der Waals surface area contributed by atoms with Crippen molar-refractivity contribution in [3.05, 3.63) is 58.1 Å². The number of rotatable bonds is 4. The molecule has 18 heavy (non-hydrogen) atoms. The van der Waals surface area contributed by atoms with Gasteiger partial charge in [-0.3, -0.25) is 0 Å². The Balaban J connectivity index is 2.06. The molecule has 0 atom stereocenters. The van der Waals surface area contributed by atoms with E-state index in [-0.39, 0.29) is 0 Å². The minimum atomic E-state index is 0.523. The highest BCUT2D eigenvalue weighted by Gasteiger charge is 2.02. The molecule has 0 aromatic heterocycles. The van der Waals surface area contributed by atoms with Gasteiger partial charge in [0.1, 0.15) is 12.4 Å². The SMILES string of the molecule is CCc1ccc(OCc2cccc(Br)c2)c(N)c1. The van der Waals surface area contributed by atoms with E-state index in [1.807, 2.05) is 42.5 Å². The third-order valence-electron chi connectivity index (χ3n) is 2.77. The molecule has 0 spiro atoms. The molecule has 0 aliphatic heterocycles. The maximum Gasteiger partial charge on any atom is 0.142 e. The lowest BCUT2D eigenvalue weighted by molar-refractivity contribution is 0.308. The molecule has 2 rings (SSSR count). The van der Waals surface area contributed by atoms with Gasteiger partial charge in [-0.15, -0.1) is 0 Å². The first-order valence-corrected chi connectivity index (χ1v) is 6.74. The molecule has 2 aromatic carbocycles. The van der Waals surface area contributed by atoms with Gasteiger partial charge in [0.05, 0.1) is 5.69 Å². The zero-order valence-electron chi connectivity index (χ0n) is 10.3. The third-order valence-corrected chi connectivity index (χ3v) is 3.26. The highest BCUT2D eigenvalue weighted by molar-refractivity contribution is 9.10. The van der Waals surface area contributed by atoms with Crippen LogP contribution in [-0.4, -0.2) is 0 Å². The van der Waals surface area contributed by atoms with Crippen molar-refractivity contribution in [2.45, 2.75) is 20.0 Å². The van der Waals surface area contributed by atoms with Crippen LogP contribution in [0.25, 0.3) is 0 Å². The summed E-state index contributed by atoms with van der Waals surface area (Å²) in [6.45, 7) is 2.63. The molecule has 3 heteroatoms. The van der Waals surface area contributed by atoms with Crippen LogP contribution in [0, 0.1) is 0 Å². The number of ether oxygens (including phenoxy) is 1. The van der Waals surface area contributed by atoms with E-state index in [0.29, 0.717) is 12.3 Å². The van der Waals surface area contributed by atoms with Crippen LogP contribution in [0.4, 0.5) is 5.69 Å². The molecule has 2 N–H and O–H groups in total. The van der Waals surface area contributed by atoms with E-state index >= 15 is 0 Å². The van der Waals surface area contributed by atoms with E-state index in [2.05, 4.69) is 22.9 Å². The van der Waals surface area contributed by atoms with Crippen LogP contribution in [0.3, 0.4) is 0 Å². The number of anilines is 1. The molecule has 0 heterocycles. The predicted octanol–water partition coefficient (Wildman–Crippen LogP) is 4.17. The second-order valence-corrected chi connectivity index (χ2v) is 5.06. The average molecular weight is 306 g/mol. The average Bonchev–Trinajstić information content (AvgIpc) is 2.37. The van der Waals surface area contributed by atoms with E-state index < -0.39 is 0 Å². The zero-order valence-corrected chi connectivity index (χ0v) is 11.9. The summed E-state index contributed by atoms with van der Waals surface area (Å²) in [5.41, 5.74) is 8.99. The summed E-state index contributed by atoms with van der Waals surface area (Å²) in [6, 6.07) is 14.0. The molecule has 0 aliphatic rings. The normalized spacial score (nSPS) is 10.3. The summed E-state index contributed by atoms with van der Waals surface area (Å²) in [5, 5.41) is 0. The van der Waals surface area contributed by atoms with Crippen molar-refractivity contribution >= 4 is 21.6 Å². The van der Waals surface area contributed by atoms with Gasteiger partial charge in [0.25, 0.3) is 0 Å². The number of nitrogens with two attached hydrogens (primary N) is 1. The highest BCUT2D eigenvalue weighted by Crippen LogP contribution is 2.24. The Bertz CT molecular complexity index is 540. The summed E-state index contributed by atoms with van der Waals surface area (Å²) >= 11 is 3.44. The van der Waals surface area contributed by atoms with Crippen molar-refractivity contribution in [2.75, 3.05) is 5.73 Å². The number of aryl methyl sites for hydroxylation is 1. The lowest BCUT2D eigenvalue weighted by Gasteiger charge is -2.10. The van der Waals surface area contributed by atoms with Crippen LogP contribution in [-0.2, 0) is 13.0 Å². The van der Waals surface area contributed by atoms with Gasteiger partial charge in [-0.1, -0.05) is 41.1 Å². The lowest BCUT2D eigenvalue weighted by atomic mass is 10.1. The predicted molar refractivity (Wildman–Crippen MR) is 78.7 cm³/mol. The van der Waals surface area contributed by atoms with Crippen LogP contribution in [0.15, 0.2) is 46.9 Å².